The molecule has 0 aromatic carbocycles. The summed E-state index contributed by atoms with van der Waals surface area (Å²) in [7, 11) is 0. The van der Waals surface area contributed by atoms with Crippen molar-refractivity contribution in [2.75, 3.05) is 0 Å². The zero-order valence-electron chi connectivity index (χ0n) is 21.7. The third-order valence-corrected chi connectivity index (χ3v) is 13.0. The van der Waals surface area contributed by atoms with Gasteiger partial charge >= 0.3 is 0 Å². The molecular weight excluding hydrogens is 376 g/mol. The summed E-state index contributed by atoms with van der Waals surface area (Å²) >= 11 is 0. The first kappa shape index (κ1) is 22.5. The monoisotopic (exact) mass is 426 g/mol. The lowest BCUT2D eigenvalue weighted by atomic mass is 9.41. The van der Waals surface area contributed by atoms with Crippen LogP contribution in [0.2, 0.25) is 0 Å². The number of hydrogen-bond donors (Lipinski definition) is 1. The molecule has 0 aliphatic heterocycles. The van der Waals surface area contributed by atoms with Crippen LogP contribution in [0.5, 0.6) is 0 Å². The summed E-state index contributed by atoms with van der Waals surface area (Å²) in [5, 5.41) is 10.8. The minimum atomic E-state index is -0.0840. The average molecular weight is 427 g/mol. The van der Waals surface area contributed by atoms with Crippen molar-refractivity contribution in [3.63, 3.8) is 0 Å². The van der Waals surface area contributed by atoms with Crippen molar-refractivity contribution in [3.8, 4) is 0 Å². The number of allylic oxidation sites excluding steroid dienone is 2. The van der Waals surface area contributed by atoms with Gasteiger partial charge in [0.1, 0.15) is 0 Å². The van der Waals surface area contributed by atoms with Gasteiger partial charge in [-0.1, -0.05) is 46.3 Å². The van der Waals surface area contributed by atoms with Gasteiger partial charge in [-0.2, -0.15) is 0 Å². The van der Waals surface area contributed by atoms with Crippen LogP contribution in [-0.4, -0.2) is 11.2 Å². The Balaban J connectivity index is 1.41. The van der Waals surface area contributed by atoms with E-state index in [2.05, 4.69) is 54.5 Å². The molecule has 2 spiro atoms. The fourth-order valence-electron chi connectivity index (χ4n) is 11.1. The summed E-state index contributed by atoms with van der Waals surface area (Å²) in [6.45, 7) is 17.3. The molecule has 0 amide bonds. The molecule has 1 N–H and O–H groups in total. The fraction of sp³-hybridized carbons (Fsp3) is 0.933. The van der Waals surface area contributed by atoms with E-state index in [1.807, 2.05) is 0 Å². The standard InChI is InChI=1S/C30H50O/c1-20(2)9-8-10-21(3)22-13-15-28(7)24-12-11-23-26(4,5)25(31)14-16-29(23)19-30(24,29)18-17-27(22,28)6/h9,21-25,31H,8,10-19H2,1-7H3/t21-,22?,23?,24?,25+,27-,28+,29+,30-/m1/s1. The quantitative estimate of drug-likeness (QED) is 0.449. The topological polar surface area (TPSA) is 20.2 Å². The molecule has 5 aliphatic rings. The summed E-state index contributed by atoms with van der Waals surface area (Å²) in [6, 6.07) is 0. The van der Waals surface area contributed by atoms with Crippen LogP contribution in [0.4, 0.5) is 0 Å². The van der Waals surface area contributed by atoms with Crippen LogP contribution in [0.3, 0.4) is 0 Å². The van der Waals surface area contributed by atoms with E-state index in [-0.39, 0.29) is 11.5 Å². The summed E-state index contributed by atoms with van der Waals surface area (Å²) in [4.78, 5) is 0. The molecular formula is C30H50O. The highest BCUT2D eigenvalue weighted by molar-refractivity contribution is 5.30. The lowest BCUT2D eigenvalue weighted by molar-refractivity contribution is -0.161. The Hall–Kier alpha value is -0.300. The van der Waals surface area contributed by atoms with E-state index in [0.717, 1.165) is 30.1 Å². The van der Waals surface area contributed by atoms with Gasteiger partial charge in [0.2, 0.25) is 0 Å². The molecule has 9 atom stereocenters. The SMILES string of the molecule is CC(C)=CCC[C@@H](C)C1CC[C@@]2(C)C3CCC4C(C)(C)[C@@H](O)CC[C@]45C[C@]35CC[C@]12C. The molecule has 0 aromatic rings. The Morgan fingerprint density at radius 1 is 0.871 bits per heavy atom. The number of aliphatic hydroxyl groups is 1. The number of aliphatic hydroxyl groups excluding tert-OH is 1. The van der Waals surface area contributed by atoms with Gasteiger partial charge in [-0.05, 0) is 135 Å². The van der Waals surface area contributed by atoms with Crippen LogP contribution >= 0.6 is 0 Å². The Morgan fingerprint density at radius 2 is 1.55 bits per heavy atom. The molecule has 0 aromatic heterocycles. The van der Waals surface area contributed by atoms with Gasteiger partial charge in [-0.15, -0.1) is 0 Å². The maximum Gasteiger partial charge on any atom is 0.0594 e. The lowest BCUT2D eigenvalue weighted by Gasteiger charge is -2.63. The second kappa shape index (κ2) is 6.86. The van der Waals surface area contributed by atoms with Gasteiger partial charge in [0.25, 0.3) is 0 Å². The van der Waals surface area contributed by atoms with E-state index in [0.29, 0.717) is 21.7 Å². The van der Waals surface area contributed by atoms with Gasteiger partial charge in [0.15, 0.2) is 0 Å². The van der Waals surface area contributed by atoms with Crippen molar-refractivity contribution in [1.82, 2.24) is 0 Å². The van der Waals surface area contributed by atoms with Gasteiger partial charge in [0, 0.05) is 0 Å². The van der Waals surface area contributed by atoms with Gasteiger partial charge in [-0.3, -0.25) is 0 Å². The van der Waals surface area contributed by atoms with Crippen molar-refractivity contribution in [2.45, 2.75) is 125 Å². The molecule has 1 heteroatoms. The van der Waals surface area contributed by atoms with E-state index in [1.165, 1.54) is 69.8 Å². The molecule has 5 saturated carbocycles. The summed E-state index contributed by atoms with van der Waals surface area (Å²) in [5.41, 5.74) is 3.87. The highest BCUT2D eigenvalue weighted by Gasteiger charge is 2.82. The van der Waals surface area contributed by atoms with Crippen molar-refractivity contribution in [3.05, 3.63) is 11.6 Å². The largest absolute Gasteiger partial charge is 0.393 e. The number of hydrogen-bond acceptors (Lipinski definition) is 1. The number of fused-ring (bicyclic) bond motifs is 2. The summed E-state index contributed by atoms with van der Waals surface area (Å²) in [5.74, 6) is 3.46. The molecule has 0 saturated heterocycles. The molecule has 31 heavy (non-hydrogen) atoms. The molecule has 5 fully saturated rings. The van der Waals surface area contributed by atoms with Crippen molar-refractivity contribution >= 4 is 0 Å². The van der Waals surface area contributed by atoms with Crippen LogP contribution in [0, 0.1) is 50.7 Å². The molecule has 1 nitrogen and oxygen atoms in total. The first-order valence-electron chi connectivity index (χ1n) is 13.8. The van der Waals surface area contributed by atoms with Gasteiger partial charge < -0.3 is 5.11 Å². The van der Waals surface area contributed by atoms with E-state index in [1.54, 1.807) is 0 Å². The molecule has 5 aliphatic carbocycles. The third-order valence-electron chi connectivity index (χ3n) is 13.0. The summed E-state index contributed by atoms with van der Waals surface area (Å²) in [6.07, 6.45) is 17.6. The maximum atomic E-state index is 10.8. The minimum Gasteiger partial charge on any atom is -0.393 e. The molecule has 176 valence electrons. The first-order valence-corrected chi connectivity index (χ1v) is 13.8. The third kappa shape index (κ3) is 2.71. The highest BCUT2D eigenvalue weighted by Crippen LogP contribution is 2.89. The maximum absolute atomic E-state index is 10.8. The minimum absolute atomic E-state index is 0.0840. The molecule has 3 unspecified atom stereocenters. The normalized spacial score (nSPS) is 52.9. The predicted octanol–water partition coefficient (Wildman–Crippen LogP) is 8.17. The van der Waals surface area contributed by atoms with Crippen LogP contribution in [-0.2, 0) is 0 Å². The second-order valence-corrected chi connectivity index (χ2v) is 14.4. The Morgan fingerprint density at radius 3 is 2.26 bits per heavy atom. The van der Waals surface area contributed by atoms with E-state index >= 15 is 0 Å². The summed E-state index contributed by atoms with van der Waals surface area (Å²) < 4.78 is 0. The average Bonchev–Trinajstić information content (AvgIpc) is 3.27. The molecule has 0 heterocycles. The Kier molecular flexibility index (Phi) is 4.98. The van der Waals surface area contributed by atoms with Gasteiger partial charge in [-0.25, -0.2) is 0 Å². The second-order valence-electron chi connectivity index (χ2n) is 14.4. The van der Waals surface area contributed by atoms with Crippen LogP contribution < -0.4 is 0 Å². The number of rotatable bonds is 4. The lowest BCUT2D eigenvalue weighted by Crippen LogP contribution is -2.57. The van der Waals surface area contributed by atoms with Crippen molar-refractivity contribution < 1.29 is 5.11 Å². The zero-order chi connectivity index (χ0) is 22.4. The van der Waals surface area contributed by atoms with E-state index in [4.69, 9.17) is 0 Å². The van der Waals surface area contributed by atoms with E-state index in [9.17, 15) is 5.11 Å². The Labute approximate surface area is 192 Å². The van der Waals surface area contributed by atoms with Crippen LogP contribution in [0.25, 0.3) is 0 Å². The van der Waals surface area contributed by atoms with Crippen molar-refractivity contribution in [2.24, 2.45) is 50.7 Å². The highest BCUT2D eigenvalue weighted by atomic mass is 16.3. The molecule has 0 radical (unpaired) electrons. The predicted molar refractivity (Wildman–Crippen MR) is 131 cm³/mol. The Bertz CT molecular complexity index is 760. The molecule has 5 rings (SSSR count). The van der Waals surface area contributed by atoms with Crippen LogP contribution in [0.15, 0.2) is 11.6 Å². The first-order chi connectivity index (χ1) is 14.4. The smallest absolute Gasteiger partial charge is 0.0594 e. The fourth-order valence-corrected chi connectivity index (χ4v) is 11.1. The molecule has 0 bridgehead atoms. The van der Waals surface area contributed by atoms with Crippen molar-refractivity contribution in [1.29, 1.82) is 0 Å². The van der Waals surface area contributed by atoms with Crippen LogP contribution in [0.1, 0.15) is 119 Å². The van der Waals surface area contributed by atoms with Gasteiger partial charge in [0.05, 0.1) is 6.10 Å². The van der Waals surface area contributed by atoms with E-state index < -0.39 is 0 Å². The zero-order valence-corrected chi connectivity index (χ0v) is 21.7.